The molecule has 0 aromatic heterocycles. The van der Waals surface area contributed by atoms with Crippen molar-refractivity contribution in [3.8, 4) is 5.75 Å². The second-order valence-corrected chi connectivity index (χ2v) is 6.76. The molecule has 0 bridgehead atoms. The number of hydrogen-bond donors (Lipinski definition) is 0. The molecular formula is C15H19BrO3. The summed E-state index contributed by atoms with van der Waals surface area (Å²) in [6, 6.07) is 5.77. The predicted molar refractivity (Wildman–Crippen MR) is 77.4 cm³/mol. The molecule has 0 saturated heterocycles. The number of carbonyl (C=O) groups is 1. The van der Waals surface area contributed by atoms with Gasteiger partial charge in [-0.1, -0.05) is 12.1 Å². The van der Waals surface area contributed by atoms with Crippen LogP contribution in [0.1, 0.15) is 45.6 Å². The highest BCUT2D eigenvalue weighted by Crippen LogP contribution is 2.41. The van der Waals surface area contributed by atoms with Gasteiger partial charge in [0.2, 0.25) is 0 Å². The van der Waals surface area contributed by atoms with Gasteiger partial charge >= 0.3 is 5.97 Å². The number of esters is 1. The Kier molecular flexibility index (Phi) is 3.90. The maximum atomic E-state index is 12.3. The van der Waals surface area contributed by atoms with Crippen molar-refractivity contribution in [2.75, 3.05) is 0 Å². The molecule has 1 aromatic rings. The summed E-state index contributed by atoms with van der Waals surface area (Å²) in [6.07, 6.45) is 0.655. The van der Waals surface area contributed by atoms with E-state index in [0.29, 0.717) is 6.42 Å². The maximum absolute atomic E-state index is 12.3. The number of hydrogen-bond acceptors (Lipinski definition) is 3. The van der Waals surface area contributed by atoms with E-state index in [9.17, 15) is 4.79 Å². The average molecular weight is 327 g/mol. The van der Waals surface area contributed by atoms with Gasteiger partial charge in [-0.15, -0.1) is 0 Å². The van der Waals surface area contributed by atoms with Crippen LogP contribution in [0.15, 0.2) is 22.7 Å². The minimum absolute atomic E-state index is 0.00344. The second kappa shape index (κ2) is 5.16. The molecule has 1 heterocycles. The van der Waals surface area contributed by atoms with Crippen LogP contribution in [-0.2, 0) is 9.53 Å². The summed E-state index contributed by atoms with van der Waals surface area (Å²) in [5, 5.41) is 0. The Morgan fingerprint density at radius 3 is 2.74 bits per heavy atom. The van der Waals surface area contributed by atoms with E-state index in [0.717, 1.165) is 15.8 Å². The molecule has 1 aliphatic rings. The van der Waals surface area contributed by atoms with Crippen molar-refractivity contribution < 1.29 is 14.3 Å². The van der Waals surface area contributed by atoms with Crippen LogP contribution < -0.4 is 4.74 Å². The molecule has 0 spiro atoms. The quantitative estimate of drug-likeness (QED) is 0.730. The molecule has 0 radical (unpaired) electrons. The van der Waals surface area contributed by atoms with E-state index in [1.807, 2.05) is 45.9 Å². The van der Waals surface area contributed by atoms with E-state index < -0.39 is 5.60 Å². The lowest BCUT2D eigenvalue weighted by Gasteiger charge is -2.31. The number of carbonyl (C=O) groups excluding carboxylic acids is 1. The van der Waals surface area contributed by atoms with E-state index in [-0.39, 0.29) is 18.0 Å². The Labute approximate surface area is 122 Å². The first-order chi connectivity index (χ1) is 8.78. The van der Waals surface area contributed by atoms with Gasteiger partial charge in [0, 0.05) is 12.0 Å². The lowest BCUT2D eigenvalue weighted by atomic mass is 9.90. The summed E-state index contributed by atoms with van der Waals surface area (Å²) in [4.78, 5) is 12.3. The zero-order chi connectivity index (χ0) is 14.2. The summed E-state index contributed by atoms with van der Waals surface area (Å²) < 4.78 is 12.2. The molecule has 4 heteroatoms. The molecule has 1 aliphatic heterocycles. The standard InChI is InChI=1S/C15H19BrO3/c1-9-8-11(14(17)19-15(2,3)4)10-6-5-7-12(16)13(10)18-9/h5-7,9,11H,8H2,1-4H3. The van der Waals surface area contributed by atoms with E-state index in [1.165, 1.54) is 0 Å². The fourth-order valence-electron chi connectivity index (χ4n) is 2.23. The first kappa shape index (κ1) is 14.4. The van der Waals surface area contributed by atoms with Crippen molar-refractivity contribution in [3.05, 3.63) is 28.2 Å². The van der Waals surface area contributed by atoms with E-state index in [2.05, 4.69) is 15.9 Å². The lowest BCUT2D eigenvalue weighted by Crippen LogP contribution is -2.33. The molecule has 0 aliphatic carbocycles. The van der Waals surface area contributed by atoms with Crippen molar-refractivity contribution in [3.63, 3.8) is 0 Å². The van der Waals surface area contributed by atoms with E-state index in [4.69, 9.17) is 9.47 Å². The molecule has 104 valence electrons. The maximum Gasteiger partial charge on any atom is 0.314 e. The normalized spacial score (nSPS) is 22.4. The molecule has 0 saturated carbocycles. The van der Waals surface area contributed by atoms with Crippen molar-refractivity contribution >= 4 is 21.9 Å². The Morgan fingerprint density at radius 1 is 1.42 bits per heavy atom. The summed E-state index contributed by atoms with van der Waals surface area (Å²) >= 11 is 3.47. The Hall–Kier alpha value is -1.03. The van der Waals surface area contributed by atoms with Crippen LogP contribution in [0.5, 0.6) is 5.75 Å². The minimum Gasteiger partial charge on any atom is -0.489 e. The number of halogens is 1. The van der Waals surface area contributed by atoms with Gasteiger partial charge in [0.1, 0.15) is 11.4 Å². The van der Waals surface area contributed by atoms with Crippen molar-refractivity contribution in [1.29, 1.82) is 0 Å². The number of benzene rings is 1. The van der Waals surface area contributed by atoms with Crippen molar-refractivity contribution in [1.82, 2.24) is 0 Å². The van der Waals surface area contributed by atoms with Crippen LogP contribution in [-0.4, -0.2) is 17.7 Å². The Morgan fingerprint density at radius 2 is 2.11 bits per heavy atom. The third-order valence-corrected chi connectivity index (χ3v) is 3.58. The molecule has 3 nitrogen and oxygen atoms in total. The Bertz CT molecular complexity index is 491. The van der Waals surface area contributed by atoms with Crippen molar-refractivity contribution in [2.45, 2.75) is 51.7 Å². The van der Waals surface area contributed by atoms with E-state index in [1.54, 1.807) is 0 Å². The largest absolute Gasteiger partial charge is 0.489 e. The Balaban J connectivity index is 2.33. The summed E-state index contributed by atoms with van der Waals surface area (Å²) in [7, 11) is 0. The molecule has 2 atom stereocenters. The topological polar surface area (TPSA) is 35.5 Å². The monoisotopic (exact) mass is 326 g/mol. The van der Waals surface area contributed by atoms with Gasteiger partial charge in [-0.05, 0) is 49.7 Å². The van der Waals surface area contributed by atoms with Gasteiger partial charge in [0.25, 0.3) is 0 Å². The minimum atomic E-state index is -0.467. The average Bonchev–Trinajstić information content (AvgIpc) is 2.27. The first-order valence-corrected chi connectivity index (χ1v) is 7.25. The van der Waals surface area contributed by atoms with Crippen LogP contribution in [0.25, 0.3) is 0 Å². The third-order valence-electron chi connectivity index (χ3n) is 2.95. The summed E-state index contributed by atoms with van der Waals surface area (Å²) in [6.45, 7) is 7.63. The number of fused-ring (bicyclic) bond motifs is 1. The summed E-state index contributed by atoms with van der Waals surface area (Å²) in [5.74, 6) is 0.328. The first-order valence-electron chi connectivity index (χ1n) is 6.46. The highest BCUT2D eigenvalue weighted by Gasteiger charge is 2.35. The third kappa shape index (κ3) is 3.30. The summed E-state index contributed by atoms with van der Waals surface area (Å²) in [5.41, 5.74) is 0.437. The van der Waals surface area contributed by atoms with E-state index >= 15 is 0 Å². The smallest absolute Gasteiger partial charge is 0.314 e. The highest BCUT2D eigenvalue weighted by molar-refractivity contribution is 9.10. The van der Waals surface area contributed by atoms with Crippen LogP contribution in [0, 0.1) is 0 Å². The SMILES string of the molecule is CC1CC(C(=O)OC(C)(C)C)c2cccc(Br)c2O1. The molecule has 19 heavy (non-hydrogen) atoms. The van der Waals surface area contributed by atoms with Gasteiger partial charge in [-0.3, -0.25) is 4.79 Å². The molecule has 2 unspecified atom stereocenters. The van der Waals surface area contributed by atoms with Gasteiger partial charge in [0.05, 0.1) is 16.5 Å². The van der Waals surface area contributed by atoms with Gasteiger partial charge in [-0.25, -0.2) is 0 Å². The zero-order valence-corrected chi connectivity index (χ0v) is 13.3. The zero-order valence-electron chi connectivity index (χ0n) is 11.7. The molecule has 0 N–H and O–H groups in total. The van der Waals surface area contributed by atoms with Crippen molar-refractivity contribution in [2.24, 2.45) is 0 Å². The molecule has 2 rings (SSSR count). The molecule has 1 aromatic carbocycles. The van der Waals surface area contributed by atoms with Gasteiger partial charge in [0.15, 0.2) is 0 Å². The molecule has 0 fully saturated rings. The fourth-order valence-corrected chi connectivity index (χ4v) is 2.70. The van der Waals surface area contributed by atoms with Crippen LogP contribution in [0.4, 0.5) is 0 Å². The number of para-hydroxylation sites is 1. The van der Waals surface area contributed by atoms with Crippen LogP contribution in [0.2, 0.25) is 0 Å². The van der Waals surface area contributed by atoms with Crippen LogP contribution >= 0.6 is 15.9 Å². The number of ether oxygens (including phenoxy) is 2. The lowest BCUT2D eigenvalue weighted by molar-refractivity contribution is -0.158. The predicted octanol–water partition coefficient (Wildman–Crippen LogP) is 4.05. The fraction of sp³-hybridized carbons (Fsp3) is 0.533. The van der Waals surface area contributed by atoms with Gasteiger partial charge < -0.3 is 9.47 Å². The molecular weight excluding hydrogens is 308 g/mol. The molecule has 0 amide bonds. The van der Waals surface area contributed by atoms with Gasteiger partial charge in [-0.2, -0.15) is 0 Å². The number of rotatable bonds is 1. The highest BCUT2D eigenvalue weighted by atomic mass is 79.9. The van der Waals surface area contributed by atoms with Crippen LogP contribution in [0.3, 0.4) is 0 Å². The second-order valence-electron chi connectivity index (χ2n) is 5.91.